The van der Waals surface area contributed by atoms with Crippen LogP contribution in [-0.2, 0) is 17.7 Å². The highest BCUT2D eigenvalue weighted by molar-refractivity contribution is 5.74. The van der Waals surface area contributed by atoms with Crippen LogP contribution in [0.2, 0.25) is 0 Å². The van der Waals surface area contributed by atoms with E-state index in [2.05, 4.69) is 32.3 Å². The van der Waals surface area contributed by atoms with Gasteiger partial charge in [0.2, 0.25) is 5.56 Å². The average molecular weight is 497 g/mol. The zero-order chi connectivity index (χ0) is 25.2. The van der Waals surface area contributed by atoms with Gasteiger partial charge in [-0.05, 0) is 42.0 Å². The summed E-state index contributed by atoms with van der Waals surface area (Å²) < 4.78 is 17.3. The molecule has 0 saturated carbocycles. The number of benzene rings is 2. The Balaban J connectivity index is 1.26. The van der Waals surface area contributed by atoms with Crippen molar-refractivity contribution < 1.29 is 14.2 Å². The number of pyridine rings is 2. The Morgan fingerprint density at radius 3 is 2.84 bits per heavy atom. The molecule has 0 amide bonds. The molecular formula is C29H28N4O4. The van der Waals surface area contributed by atoms with Crippen LogP contribution in [0, 0.1) is 0 Å². The minimum absolute atomic E-state index is 0.130. The SMILES string of the molecule is COc1cnccc1CNc1ccc2c(c1)Cc1cccc(-c3cc(N4CCOCC4)cc(=O)[nH]3)c1O2. The number of hydrogen-bond acceptors (Lipinski definition) is 7. The molecule has 0 atom stereocenters. The van der Waals surface area contributed by atoms with E-state index in [0.717, 1.165) is 76.1 Å². The predicted octanol–water partition coefficient (Wildman–Crippen LogP) is 4.59. The first-order chi connectivity index (χ1) is 18.2. The Labute approximate surface area is 214 Å². The van der Waals surface area contributed by atoms with Crippen LogP contribution < -0.4 is 25.2 Å². The molecule has 0 spiro atoms. The highest BCUT2D eigenvalue weighted by atomic mass is 16.5. The second kappa shape index (κ2) is 9.99. The first-order valence-corrected chi connectivity index (χ1v) is 12.4. The number of rotatable bonds is 6. The fraction of sp³-hybridized carbons (Fsp3) is 0.241. The van der Waals surface area contributed by atoms with Gasteiger partial charge in [0.25, 0.3) is 0 Å². The van der Waals surface area contributed by atoms with Gasteiger partial charge in [0.1, 0.15) is 17.2 Å². The number of fused-ring (bicyclic) bond motifs is 2. The molecule has 0 bridgehead atoms. The minimum atomic E-state index is -0.130. The molecule has 2 aromatic heterocycles. The largest absolute Gasteiger partial charge is 0.495 e. The number of methoxy groups -OCH3 is 1. The molecule has 2 N–H and O–H groups in total. The standard InChI is InChI=1S/C29H28N4O4/c1-35-27-18-30-8-7-20(27)17-31-22-5-6-26-21(14-22)13-19-3-2-4-24(29(19)37-26)25-15-23(16-28(34)32-25)33-9-11-36-12-10-33/h2-8,14-16,18,31H,9-13,17H2,1H3,(H,32,34). The van der Waals surface area contributed by atoms with Crippen molar-refractivity contribution in [2.75, 3.05) is 43.6 Å². The highest BCUT2D eigenvalue weighted by Crippen LogP contribution is 2.43. The molecule has 8 heteroatoms. The second-order valence-corrected chi connectivity index (χ2v) is 9.15. The van der Waals surface area contributed by atoms with Gasteiger partial charge in [0.05, 0.1) is 32.2 Å². The number of morpholine rings is 1. The first-order valence-electron chi connectivity index (χ1n) is 12.4. The number of nitrogens with zero attached hydrogens (tertiary/aromatic N) is 2. The quantitative estimate of drug-likeness (QED) is 0.355. The van der Waals surface area contributed by atoms with Crippen LogP contribution in [0.4, 0.5) is 11.4 Å². The predicted molar refractivity (Wildman–Crippen MR) is 143 cm³/mol. The molecule has 1 saturated heterocycles. The van der Waals surface area contributed by atoms with E-state index in [1.165, 1.54) is 0 Å². The van der Waals surface area contributed by atoms with Gasteiger partial charge in [-0.1, -0.05) is 12.1 Å². The van der Waals surface area contributed by atoms with Crippen molar-refractivity contribution in [2.45, 2.75) is 13.0 Å². The summed E-state index contributed by atoms with van der Waals surface area (Å²) >= 11 is 0. The fourth-order valence-corrected chi connectivity index (χ4v) is 4.91. The van der Waals surface area contributed by atoms with Crippen molar-refractivity contribution >= 4 is 11.4 Å². The zero-order valence-corrected chi connectivity index (χ0v) is 20.6. The number of aromatic nitrogens is 2. The summed E-state index contributed by atoms with van der Waals surface area (Å²) in [5.41, 5.74) is 6.62. The van der Waals surface area contributed by atoms with E-state index in [9.17, 15) is 4.79 Å². The van der Waals surface area contributed by atoms with Crippen molar-refractivity contribution in [1.29, 1.82) is 0 Å². The second-order valence-electron chi connectivity index (χ2n) is 9.15. The fourth-order valence-electron chi connectivity index (χ4n) is 4.91. The third kappa shape index (κ3) is 4.75. The van der Waals surface area contributed by atoms with Gasteiger partial charge in [-0.15, -0.1) is 0 Å². The molecule has 2 aliphatic heterocycles. The third-order valence-electron chi connectivity index (χ3n) is 6.82. The van der Waals surface area contributed by atoms with Gasteiger partial charge < -0.3 is 29.4 Å². The maximum absolute atomic E-state index is 12.6. The van der Waals surface area contributed by atoms with Gasteiger partial charge in [-0.3, -0.25) is 9.78 Å². The van der Waals surface area contributed by atoms with Crippen LogP contribution in [-0.4, -0.2) is 43.4 Å². The maximum atomic E-state index is 12.6. The molecule has 188 valence electrons. The number of nitrogens with one attached hydrogen (secondary N) is 2. The monoisotopic (exact) mass is 496 g/mol. The number of ether oxygens (including phenoxy) is 3. The molecule has 4 heterocycles. The molecule has 4 aromatic rings. The lowest BCUT2D eigenvalue weighted by Crippen LogP contribution is -2.36. The van der Waals surface area contributed by atoms with Gasteiger partial charge in [0.15, 0.2) is 0 Å². The van der Waals surface area contributed by atoms with Gasteiger partial charge in [0, 0.05) is 66.4 Å². The summed E-state index contributed by atoms with van der Waals surface area (Å²) in [5, 5.41) is 3.47. The molecule has 0 radical (unpaired) electrons. The van der Waals surface area contributed by atoms with Crippen LogP contribution in [0.1, 0.15) is 16.7 Å². The van der Waals surface area contributed by atoms with E-state index in [0.29, 0.717) is 19.8 Å². The smallest absolute Gasteiger partial charge is 0.250 e. The lowest BCUT2D eigenvalue weighted by molar-refractivity contribution is 0.122. The summed E-state index contributed by atoms with van der Waals surface area (Å²) in [5.74, 6) is 2.36. The number of aromatic amines is 1. The van der Waals surface area contributed by atoms with Gasteiger partial charge in [-0.25, -0.2) is 0 Å². The molecule has 6 rings (SSSR count). The first kappa shape index (κ1) is 23.1. The Hall–Kier alpha value is -4.30. The average Bonchev–Trinajstić information content (AvgIpc) is 2.95. The van der Waals surface area contributed by atoms with E-state index in [4.69, 9.17) is 14.2 Å². The normalized spacial score (nSPS) is 14.4. The van der Waals surface area contributed by atoms with Crippen molar-refractivity contribution in [3.8, 4) is 28.5 Å². The molecule has 0 unspecified atom stereocenters. The molecule has 2 aromatic carbocycles. The van der Waals surface area contributed by atoms with Gasteiger partial charge >= 0.3 is 0 Å². The topological polar surface area (TPSA) is 88.7 Å². The lowest BCUT2D eigenvalue weighted by atomic mass is 9.96. The van der Waals surface area contributed by atoms with Crippen molar-refractivity contribution in [1.82, 2.24) is 9.97 Å². The molecule has 0 aliphatic carbocycles. The van der Waals surface area contributed by atoms with Crippen LogP contribution in [0.25, 0.3) is 11.3 Å². The number of hydrogen-bond donors (Lipinski definition) is 2. The summed E-state index contributed by atoms with van der Waals surface area (Å²) in [7, 11) is 1.65. The van der Waals surface area contributed by atoms with E-state index in [-0.39, 0.29) is 5.56 Å². The summed E-state index contributed by atoms with van der Waals surface area (Å²) in [6.45, 7) is 3.48. The number of para-hydroxylation sites is 1. The van der Waals surface area contributed by atoms with E-state index in [1.807, 2.05) is 36.4 Å². The van der Waals surface area contributed by atoms with Crippen molar-refractivity contribution in [2.24, 2.45) is 0 Å². The van der Waals surface area contributed by atoms with E-state index < -0.39 is 0 Å². The number of anilines is 2. The van der Waals surface area contributed by atoms with E-state index in [1.54, 1.807) is 25.6 Å². The summed E-state index contributed by atoms with van der Waals surface area (Å²) in [4.78, 5) is 21.9. The van der Waals surface area contributed by atoms with Crippen molar-refractivity contribution in [3.63, 3.8) is 0 Å². The Bertz CT molecular complexity index is 1490. The van der Waals surface area contributed by atoms with Crippen molar-refractivity contribution in [3.05, 3.63) is 94.0 Å². The van der Waals surface area contributed by atoms with Crippen LogP contribution in [0.3, 0.4) is 0 Å². The van der Waals surface area contributed by atoms with Crippen LogP contribution in [0.15, 0.2) is 71.8 Å². The Morgan fingerprint density at radius 2 is 1.97 bits per heavy atom. The summed E-state index contributed by atoms with van der Waals surface area (Å²) in [6.07, 6.45) is 4.22. The van der Waals surface area contributed by atoms with Gasteiger partial charge in [-0.2, -0.15) is 0 Å². The maximum Gasteiger partial charge on any atom is 0.250 e. The Morgan fingerprint density at radius 1 is 1.08 bits per heavy atom. The lowest BCUT2D eigenvalue weighted by Gasteiger charge is -2.29. The zero-order valence-electron chi connectivity index (χ0n) is 20.6. The van der Waals surface area contributed by atoms with E-state index >= 15 is 0 Å². The molecular weight excluding hydrogens is 468 g/mol. The Kier molecular flexibility index (Phi) is 6.24. The van der Waals surface area contributed by atoms with Crippen LogP contribution >= 0.6 is 0 Å². The molecule has 8 nitrogen and oxygen atoms in total. The highest BCUT2D eigenvalue weighted by Gasteiger charge is 2.22. The molecule has 2 aliphatic rings. The minimum Gasteiger partial charge on any atom is -0.495 e. The molecule has 37 heavy (non-hydrogen) atoms. The third-order valence-corrected chi connectivity index (χ3v) is 6.82. The number of H-pyrrole nitrogens is 1. The summed E-state index contributed by atoms with van der Waals surface area (Å²) in [6, 6.07) is 17.8. The molecule has 1 fully saturated rings. The van der Waals surface area contributed by atoms with Crippen LogP contribution in [0.5, 0.6) is 17.2 Å².